The molecule has 3 fully saturated rings. The van der Waals surface area contributed by atoms with E-state index in [4.69, 9.17) is 5.11 Å². The van der Waals surface area contributed by atoms with Crippen LogP contribution in [0.4, 0.5) is 0 Å². The van der Waals surface area contributed by atoms with Gasteiger partial charge in [0.1, 0.15) is 0 Å². The van der Waals surface area contributed by atoms with Crippen LogP contribution in [0, 0.1) is 40.4 Å². The van der Waals surface area contributed by atoms with Crippen LogP contribution in [0.25, 0.3) is 0 Å². The highest BCUT2D eigenvalue weighted by molar-refractivity contribution is 5.66. The first-order valence-electron chi connectivity index (χ1n) is 12.2. The number of carboxylic acid groups (broad SMARTS) is 1. The lowest BCUT2D eigenvalue weighted by Crippen LogP contribution is -2.58. The van der Waals surface area contributed by atoms with Gasteiger partial charge in [-0.15, -0.1) is 0 Å². The largest absolute Gasteiger partial charge is 0.481 e. The second-order valence-electron chi connectivity index (χ2n) is 11.4. The van der Waals surface area contributed by atoms with Crippen molar-refractivity contribution >= 4 is 5.97 Å². The lowest BCUT2D eigenvalue weighted by Gasteiger charge is -2.63. The first-order valence-corrected chi connectivity index (χ1v) is 12.2. The molecule has 29 heavy (non-hydrogen) atoms. The fraction of sp³-hybridized carbons (Fsp3) is 0.960. The van der Waals surface area contributed by atoms with E-state index in [9.17, 15) is 15.0 Å². The smallest absolute Gasteiger partial charge is 0.303 e. The Morgan fingerprint density at radius 2 is 1.86 bits per heavy atom. The Morgan fingerprint density at radius 3 is 2.52 bits per heavy atom. The molecular weight excluding hydrogens is 364 g/mol. The zero-order valence-electron chi connectivity index (χ0n) is 19.1. The molecule has 3 N–H and O–H groups in total. The minimum atomic E-state index is -0.720. The number of fused-ring (bicyclic) bond motifs is 3. The summed E-state index contributed by atoms with van der Waals surface area (Å²) in [7, 11) is 0. The first kappa shape index (κ1) is 23.1. The number of aliphatic hydroxyl groups is 2. The van der Waals surface area contributed by atoms with Crippen LogP contribution in [0.15, 0.2) is 0 Å². The van der Waals surface area contributed by atoms with Crippen molar-refractivity contribution in [3.8, 4) is 0 Å². The number of carboxylic acids is 1. The van der Waals surface area contributed by atoms with Crippen LogP contribution in [0.3, 0.4) is 0 Å². The highest BCUT2D eigenvalue weighted by Crippen LogP contribution is 2.64. The Hall–Kier alpha value is -0.610. The van der Waals surface area contributed by atoms with E-state index in [1.165, 1.54) is 12.8 Å². The summed E-state index contributed by atoms with van der Waals surface area (Å²) in [6.07, 6.45) is 9.97. The van der Waals surface area contributed by atoms with Gasteiger partial charge in [-0.1, -0.05) is 34.1 Å². The highest BCUT2D eigenvalue weighted by atomic mass is 16.4. The van der Waals surface area contributed by atoms with E-state index in [1.807, 2.05) is 0 Å². The summed E-state index contributed by atoms with van der Waals surface area (Å²) in [4.78, 5) is 11.0. The quantitative estimate of drug-likeness (QED) is 0.537. The van der Waals surface area contributed by atoms with Crippen LogP contribution in [0.5, 0.6) is 0 Å². The Bertz CT molecular complexity index is 577. The first-order chi connectivity index (χ1) is 13.6. The van der Waals surface area contributed by atoms with Crippen molar-refractivity contribution in [1.82, 2.24) is 0 Å². The molecule has 3 saturated carbocycles. The summed E-state index contributed by atoms with van der Waals surface area (Å²) >= 11 is 0. The molecule has 3 aliphatic carbocycles. The normalized spacial score (nSPS) is 45.9. The number of hydrogen-bond donors (Lipinski definition) is 3. The van der Waals surface area contributed by atoms with Crippen molar-refractivity contribution in [1.29, 1.82) is 0 Å². The molecule has 0 aromatic rings. The van der Waals surface area contributed by atoms with E-state index in [0.29, 0.717) is 36.0 Å². The highest BCUT2D eigenvalue weighted by Gasteiger charge is 2.59. The number of carbonyl (C=O) groups is 1. The Kier molecular flexibility index (Phi) is 7.05. The van der Waals surface area contributed by atoms with Crippen LogP contribution in [0.2, 0.25) is 0 Å². The van der Waals surface area contributed by atoms with Crippen molar-refractivity contribution in [2.45, 2.75) is 111 Å². The molecule has 0 aromatic carbocycles. The van der Waals surface area contributed by atoms with Gasteiger partial charge in [0.25, 0.3) is 0 Å². The van der Waals surface area contributed by atoms with Gasteiger partial charge in [0.15, 0.2) is 0 Å². The molecule has 4 heteroatoms. The van der Waals surface area contributed by atoms with Crippen molar-refractivity contribution in [3.05, 3.63) is 0 Å². The van der Waals surface area contributed by atoms with E-state index >= 15 is 0 Å². The third-order valence-electron chi connectivity index (χ3n) is 9.56. The van der Waals surface area contributed by atoms with Gasteiger partial charge in [0.05, 0.1) is 12.2 Å². The molecule has 0 bridgehead atoms. The molecular formula is C25H44O4. The molecule has 0 radical (unpaired) electrons. The van der Waals surface area contributed by atoms with Gasteiger partial charge >= 0.3 is 5.97 Å². The number of aliphatic carboxylic acids is 1. The van der Waals surface area contributed by atoms with E-state index < -0.39 is 5.97 Å². The second kappa shape index (κ2) is 8.86. The Balaban J connectivity index is 1.83. The zero-order chi connectivity index (χ0) is 21.4. The summed E-state index contributed by atoms with van der Waals surface area (Å²) in [5, 5.41) is 30.8. The van der Waals surface area contributed by atoms with Crippen molar-refractivity contribution in [2.75, 3.05) is 0 Å². The van der Waals surface area contributed by atoms with Gasteiger partial charge in [-0.05, 0) is 98.2 Å². The van der Waals surface area contributed by atoms with E-state index in [2.05, 4.69) is 27.7 Å². The molecule has 0 amide bonds. The number of rotatable bonds is 7. The second-order valence-corrected chi connectivity index (χ2v) is 11.4. The lowest BCUT2D eigenvalue weighted by atomic mass is 9.43. The molecule has 9 atom stereocenters. The van der Waals surface area contributed by atoms with Crippen molar-refractivity contribution in [2.24, 2.45) is 40.4 Å². The molecule has 168 valence electrons. The summed E-state index contributed by atoms with van der Waals surface area (Å²) in [6, 6.07) is 0. The molecule has 3 unspecified atom stereocenters. The summed E-state index contributed by atoms with van der Waals surface area (Å²) in [6.45, 7) is 9.17. The van der Waals surface area contributed by atoms with Gasteiger partial charge < -0.3 is 15.3 Å². The number of aliphatic hydroxyl groups excluding tert-OH is 2. The Labute approximate surface area is 177 Å². The van der Waals surface area contributed by atoms with Gasteiger partial charge in [-0.3, -0.25) is 4.79 Å². The molecule has 0 spiro atoms. The zero-order valence-corrected chi connectivity index (χ0v) is 19.1. The monoisotopic (exact) mass is 408 g/mol. The van der Waals surface area contributed by atoms with E-state index in [1.54, 1.807) is 0 Å². The number of hydrogen-bond acceptors (Lipinski definition) is 3. The SMILES string of the molecule is CCCC1C2CC[C@@H]3C[C@H](O)CC[C@]3(C)C2C[C@H](O)[C@]1(C)C[C@H](C)CCC(=O)O. The van der Waals surface area contributed by atoms with Gasteiger partial charge in [0.2, 0.25) is 0 Å². The average Bonchev–Trinajstić information content (AvgIpc) is 2.65. The molecule has 3 rings (SSSR count). The van der Waals surface area contributed by atoms with Gasteiger partial charge in [-0.25, -0.2) is 0 Å². The molecule has 3 aliphatic rings. The average molecular weight is 409 g/mol. The molecule has 0 aliphatic heterocycles. The summed E-state index contributed by atoms with van der Waals surface area (Å²) in [5.74, 6) is 1.92. The van der Waals surface area contributed by atoms with Crippen LogP contribution >= 0.6 is 0 Å². The summed E-state index contributed by atoms with van der Waals surface area (Å²) < 4.78 is 0. The molecule has 0 heterocycles. The van der Waals surface area contributed by atoms with Crippen molar-refractivity contribution < 1.29 is 20.1 Å². The third kappa shape index (κ3) is 4.39. The fourth-order valence-electron chi connectivity index (χ4n) is 7.95. The standard InChI is InChI=1S/C25H44O4/c1-5-6-20-19-9-8-17-13-18(26)11-12-24(17,3)21(19)14-22(27)25(20,4)15-16(2)7-10-23(28)29/h16-22,26-27H,5-15H2,1-4H3,(H,28,29)/t16-,17-,18-,19?,20?,21?,22+,24+,25-/m1/s1. The molecule has 0 aromatic heterocycles. The predicted octanol–water partition coefficient (Wildman–Crippen LogP) is 5.26. The van der Waals surface area contributed by atoms with Gasteiger partial charge in [-0.2, -0.15) is 0 Å². The third-order valence-corrected chi connectivity index (χ3v) is 9.56. The summed E-state index contributed by atoms with van der Waals surface area (Å²) in [5.41, 5.74) is 0.137. The lowest BCUT2D eigenvalue weighted by molar-refractivity contribution is -0.177. The van der Waals surface area contributed by atoms with Crippen LogP contribution < -0.4 is 0 Å². The molecule has 4 nitrogen and oxygen atoms in total. The van der Waals surface area contributed by atoms with Gasteiger partial charge in [0, 0.05) is 6.42 Å². The van der Waals surface area contributed by atoms with Crippen molar-refractivity contribution in [3.63, 3.8) is 0 Å². The predicted molar refractivity (Wildman–Crippen MR) is 115 cm³/mol. The van der Waals surface area contributed by atoms with E-state index in [-0.39, 0.29) is 29.5 Å². The topological polar surface area (TPSA) is 77.8 Å². The maximum Gasteiger partial charge on any atom is 0.303 e. The minimum absolute atomic E-state index is 0.119. The Morgan fingerprint density at radius 1 is 1.14 bits per heavy atom. The van der Waals surface area contributed by atoms with Crippen LogP contribution in [-0.4, -0.2) is 33.5 Å². The van der Waals surface area contributed by atoms with E-state index in [0.717, 1.165) is 44.9 Å². The minimum Gasteiger partial charge on any atom is -0.481 e. The fourth-order valence-corrected chi connectivity index (χ4v) is 7.95. The maximum absolute atomic E-state index is 11.5. The maximum atomic E-state index is 11.5. The van der Waals surface area contributed by atoms with Crippen LogP contribution in [0.1, 0.15) is 98.3 Å². The molecule has 0 saturated heterocycles. The van der Waals surface area contributed by atoms with Crippen LogP contribution in [-0.2, 0) is 4.79 Å².